The fourth-order valence-electron chi connectivity index (χ4n) is 3.18. The van der Waals surface area contributed by atoms with Crippen LogP contribution in [0.3, 0.4) is 0 Å². The Labute approximate surface area is 183 Å². The van der Waals surface area contributed by atoms with Crippen LogP contribution in [-0.2, 0) is 14.3 Å². The van der Waals surface area contributed by atoms with Crippen molar-refractivity contribution in [3.63, 3.8) is 0 Å². The second-order valence-electron chi connectivity index (χ2n) is 7.27. The first kappa shape index (κ1) is 22.6. The fraction of sp³-hybridized carbons (Fsp3) is 0.346. The lowest BCUT2D eigenvalue weighted by molar-refractivity contribution is -0.138. The van der Waals surface area contributed by atoms with Gasteiger partial charge in [-0.15, -0.1) is 0 Å². The van der Waals surface area contributed by atoms with Crippen molar-refractivity contribution in [2.45, 2.75) is 32.1 Å². The third-order valence-corrected chi connectivity index (χ3v) is 4.86. The minimum Gasteiger partial charge on any atom is -0.494 e. The van der Waals surface area contributed by atoms with Gasteiger partial charge in [0.1, 0.15) is 17.1 Å². The number of para-hydroxylation sites is 1. The lowest BCUT2D eigenvalue weighted by Gasteiger charge is -2.07. The van der Waals surface area contributed by atoms with E-state index in [2.05, 4.69) is 18.7 Å². The van der Waals surface area contributed by atoms with Crippen LogP contribution in [0.5, 0.6) is 5.75 Å². The Morgan fingerprint density at radius 1 is 0.871 bits per heavy atom. The molecular formula is C26H30O5. The molecule has 0 bridgehead atoms. The van der Waals surface area contributed by atoms with E-state index in [1.807, 2.05) is 42.5 Å². The van der Waals surface area contributed by atoms with Gasteiger partial charge in [0.15, 0.2) is 0 Å². The Morgan fingerprint density at radius 2 is 1.61 bits per heavy atom. The second kappa shape index (κ2) is 12.6. The number of unbranched alkanes of at least 4 members (excludes halogenated alkanes) is 3. The summed E-state index contributed by atoms with van der Waals surface area (Å²) in [7, 11) is 0. The van der Waals surface area contributed by atoms with E-state index in [0.29, 0.717) is 26.2 Å². The van der Waals surface area contributed by atoms with Crippen LogP contribution in [0.25, 0.3) is 22.3 Å². The van der Waals surface area contributed by atoms with Crippen LogP contribution in [-0.4, -0.2) is 32.4 Å². The predicted molar refractivity (Wildman–Crippen MR) is 122 cm³/mol. The summed E-state index contributed by atoms with van der Waals surface area (Å²) in [4.78, 5) is 10.9. The van der Waals surface area contributed by atoms with Crippen molar-refractivity contribution < 1.29 is 23.4 Å². The van der Waals surface area contributed by atoms with Crippen molar-refractivity contribution >= 4 is 16.9 Å². The second-order valence-corrected chi connectivity index (χ2v) is 7.27. The first-order chi connectivity index (χ1) is 15.3. The van der Waals surface area contributed by atoms with E-state index in [0.717, 1.165) is 60.3 Å². The van der Waals surface area contributed by atoms with Crippen LogP contribution < -0.4 is 4.74 Å². The number of esters is 1. The van der Waals surface area contributed by atoms with Gasteiger partial charge in [-0.05, 0) is 55.7 Å². The molecule has 0 fully saturated rings. The monoisotopic (exact) mass is 422 g/mol. The molecule has 5 heteroatoms. The lowest BCUT2D eigenvalue weighted by atomic mass is 10.1. The summed E-state index contributed by atoms with van der Waals surface area (Å²) in [6.45, 7) is 5.78. The summed E-state index contributed by atoms with van der Waals surface area (Å²) < 4.78 is 22.2. The van der Waals surface area contributed by atoms with Crippen LogP contribution in [0, 0.1) is 0 Å². The van der Waals surface area contributed by atoms with Gasteiger partial charge in [-0.1, -0.05) is 31.2 Å². The third kappa shape index (κ3) is 7.61. The average Bonchev–Trinajstić information content (AvgIpc) is 3.24. The summed E-state index contributed by atoms with van der Waals surface area (Å²) in [5.74, 6) is 1.36. The molecule has 0 aliphatic rings. The van der Waals surface area contributed by atoms with E-state index in [1.165, 1.54) is 6.08 Å². The van der Waals surface area contributed by atoms with Gasteiger partial charge in [0, 0.05) is 36.7 Å². The zero-order chi connectivity index (χ0) is 21.7. The maximum absolute atomic E-state index is 10.9. The molecule has 0 atom stereocenters. The van der Waals surface area contributed by atoms with E-state index in [1.54, 1.807) is 0 Å². The van der Waals surface area contributed by atoms with Gasteiger partial charge in [0.2, 0.25) is 0 Å². The van der Waals surface area contributed by atoms with E-state index in [4.69, 9.17) is 18.6 Å². The Hall–Kier alpha value is -3.05. The molecule has 0 unspecified atom stereocenters. The summed E-state index contributed by atoms with van der Waals surface area (Å²) in [5, 5.41) is 1.11. The van der Waals surface area contributed by atoms with Crippen LogP contribution in [0.4, 0.5) is 0 Å². The van der Waals surface area contributed by atoms with Gasteiger partial charge in [-0.3, -0.25) is 0 Å². The van der Waals surface area contributed by atoms with Crippen molar-refractivity contribution in [3.8, 4) is 17.1 Å². The van der Waals surface area contributed by atoms with E-state index in [-0.39, 0.29) is 5.97 Å². The van der Waals surface area contributed by atoms with Gasteiger partial charge in [0.25, 0.3) is 0 Å². The number of hydrogen-bond donors (Lipinski definition) is 0. The minimum absolute atomic E-state index is 0.376. The van der Waals surface area contributed by atoms with Gasteiger partial charge in [-0.2, -0.15) is 0 Å². The van der Waals surface area contributed by atoms with Gasteiger partial charge in [-0.25, -0.2) is 4.79 Å². The van der Waals surface area contributed by atoms with Gasteiger partial charge in [0.05, 0.1) is 13.2 Å². The molecule has 0 saturated heterocycles. The van der Waals surface area contributed by atoms with Crippen molar-refractivity contribution in [1.29, 1.82) is 0 Å². The zero-order valence-electron chi connectivity index (χ0n) is 17.9. The molecule has 0 aliphatic carbocycles. The van der Waals surface area contributed by atoms with Crippen LogP contribution in [0.2, 0.25) is 0 Å². The first-order valence-electron chi connectivity index (χ1n) is 10.8. The molecule has 0 radical (unpaired) electrons. The quantitative estimate of drug-likeness (QED) is 0.176. The molecule has 3 aromatic rings. The molecule has 1 heterocycles. The van der Waals surface area contributed by atoms with Gasteiger partial charge < -0.3 is 18.6 Å². The number of carbonyl (C=O) groups excluding carboxylic acids is 1. The number of benzene rings is 2. The predicted octanol–water partition coefficient (Wildman–Crippen LogP) is 6.17. The Morgan fingerprint density at radius 3 is 2.39 bits per heavy atom. The standard InChI is InChI=1S/C26H30O5/c1-2-26(27)30-19-9-17-28-16-7-3-4-8-18-29-23-14-12-21(13-15-23)25-20-22-10-5-6-11-24(22)31-25/h2,5-6,10-15,20H,1,3-4,7-9,16-19H2. The van der Waals surface area contributed by atoms with Crippen molar-refractivity contribution in [2.24, 2.45) is 0 Å². The van der Waals surface area contributed by atoms with Crippen LogP contribution in [0.1, 0.15) is 32.1 Å². The number of furan rings is 1. The van der Waals surface area contributed by atoms with Crippen molar-refractivity contribution in [1.82, 2.24) is 0 Å². The largest absolute Gasteiger partial charge is 0.494 e. The minimum atomic E-state index is -0.385. The van der Waals surface area contributed by atoms with Crippen LogP contribution >= 0.6 is 0 Å². The molecule has 2 aromatic carbocycles. The number of fused-ring (bicyclic) bond motifs is 1. The Bertz CT molecular complexity index is 909. The zero-order valence-corrected chi connectivity index (χ0v) is 17.9. The number of rotatable bonds is 14. The fourth-order valence-corrected chi connectivity index (χ4v) is 3.18. The van der Waals surface area contributed by atoms with Crippen molar-refractivity contribution in [3.05, 3.63) is 67.3 Å². The van der Waals surface area contributed by atoms with Gasteiger partial charge >= 0.3 is 5.97 Å². The summed E-state index contributed by atoms with van der Waals surface area (Å²) in [6.07, 6.45) is 6.14. The highest BCUT2D eigenvalue weighted by molar-refractivity contribution is 5.82. The van der Waals surface area contributed by atoms with Crippen LogP contribution in [0.15, 0.2) is 71.7 Å². The number of carbonyl (C=O) groups is 1. The molecule has 0 spiro atoms. The maximum atomic E-state index is 10.9. The molecule has 164 valence electrons. The molecule has 0 N–H and O–H groups in total. The highest BCUT2D eigenvalue weighted by Gasteiger charge is 2.06. The third-order valence-electron chi connectivity index (χ3n) is 4.86. The molecule has 1 aromatic heterocycles. The molecule has 0 amide bonds. The highest BCUT2D eigenvalue weighted by atomic mass is 16.5. The van der Waals surface area contributed by atoms with E-state index in [9.17, 15) is 4.79 Å². The molecule has 5 nitrogen and oxygen atoms in total. The Kier molecular flexibility index (Phi) is 9.20. The topological polar surface area (TPSA) is 57.9 Å². The first-order valence-corrected chi connectivity index (χ1v) is 10.8. The Balaban J connectivity index is 1.23. The molecule has 3 rings (SSSR count). The summed E-state index contributed by atoms with van der Waals surface area (Å²) >= 11 is 0. The maximum Gasteiger partial charge on any atom is 0.330 e. The van der Waals surface area contributed by atoms with Crippen molar-refractivity contribution in [2.75, 3.05) is 26.4 Å². The van der Waals surface area contributed by atoms with E-state index >= 15 is 0 Å². The summed E-state index contributed by atoms with van der Waals surface area (Å²) in [5.41, 5.74) is 1.94. The van der Waals surface area contributed by atoms with E-state index < -0.39 is 0 Å². The molecule has 31 heavy (non-hydrogen) atoms. The highest BCUT2D eigenvalue weighted by Crippen LogP contribution is 2.28. The molecular weight excluding hydrogens is 392 g/mol. The summed E-state index contributed by atoms with van der Waals surface area (Å²) in [6, 6.07) is 18.1. The smallest absolute Gasteiger partial charge is 0.330 e. The molecule has 0 saturated carbocycles. The molecule has 0 aliphatic heterocycles. The number of hydrogen-bond acceptors (Lipinski definition) is 5. The SMILES string of the molecule is C=CC(=O)OCCCOCCCCCCOc1ccc(-c2cc3ccccc3o2)cc1. The number of ether oxygens (including phenoxy) is 3. The lowest BCUT2D eigenvalue weighted by Crippen LogP contribution is -2.05. The average molecular weight is 423 g/mol. The normalized spacial score (nSPS) is 10.8.